The van der Waals surface area contributed by atoms with E-state index in [4.69, 9.17) is 10.5 Å². The lowest BCUT2D eigenvalue weighted by Gasteiger charge is -2.32. The summed E-state index contributed by atoms with van der Waals surface area (Å²) in [5.74, 6) is -1.23. The molecule has 6 nitrogen and oxygen atoms in total. The van der Waals surface area contributed by atoms with Gasteiger partial charge in [-0.3, -0.25) is 19.3 Å². The van der Waals surface area contributed by atoms with E-state index in [2.05, 4.69) is 0 Å². The number of likely N-dealkylation sites (tertiary alicyclic amines) is 1. The number of rotatable bonds is 6. The van der Waals surface area contributed by atoms with Gasteiger partial charge in [-0.1, -0.05) is 0 Å². The third-order valence-electron chi connectivity index (χ3n) is 3.76. The monoisotopic (exact) mass is 284 g/mol. The summed E-state index contributed by atoms with van der Waals surface area (Å²) < 4.78 is 4.92. The molecule has 0 aromatic carbocycles. The van der Waals surface area contributed by atoms with Gasteiger partial charge in [0.15, 0.2) is 5.78 Å². The van der Waals surface area contributed by atoms with E-state index in [-0.39, 0.29) is 30.8 Å². The first-order valence-corrected chi connectivity index (χ1v) is 7.01. The van der Waals surface area contributed by atoms with Gasteiger partial charge in [-0.25, -0.2) is 0 Å². The fraction of sp³-hybridized carbons (Fsp3) is 0.786. The fourth-order valence-corrected chi connectivity index (χ4v) is 2.26. The Morgan fingerprint density at radius 3 is 2.55 bits per heavy atom. The highest BCUT2D eigenvalue weighted by Crippen LogP contribution is 2.22. The van der Waals surface area contributed by atoms with E-state index in [1.54, 1.807) is 20.8 Å². The standard InChI is InChI=1S/C14H24N2O4/c1-4-20-13(19)14(2,3)11(17)9-16-7-5-6-10(8-16)12(15)18/h10H,4-9H2,1-3H3,(H2,15,18). The van der Waals surface area contributed by atoms with Gasteiger partial charge >= 0.3 is 5.97 Å². The van der Waals surface area contributed by atoms with Crippen molar-refractivity contribution in [1.82, 2.24) is 4.90 Å². The smallest absolute Gasteiger partial charge is 0.319 e. The summed E-state index contributed by atoms with van der Waals surface area (Å²) in [7, 11) is 0. The first-order chi connectivity index (χ1) is 9.28. The Labute approximate surface area is 119 Å². The van der Waals surface area contributed by atoms with E-state index in [0.717, 1.165) is 19.4 Å². The minimum atomic E-state index is -1.16. The summed E-state index contributed by atoms with van der Waals surface area (Å²) in [6.45, 7) is 6.49. The highest BCUT2D eigenvalue weighted by molar-refractivity contribution is 6.03. The Hall–Kier alpha value is -1.43. The Kier molecular flexibility index (Phi) is 5.68. The lowest BCUT2D eigenvalue weighted by Crippen LogP contribution is -2.47. The van der Waals surface area contributed by atoms with E-state index < -0.39 is 11.4 Å². The molecule has 0 radical (unpaired) electrons. The van der Waals surface area contributed by atoms with Crippen molar-refractivity contribution in [1.29, 1.82) is 0 Å². The summed E-state index contributed by atoms with van der Waals surface area (Å²) in [5, 5.41) is 0. The van der Waals surface area contributed by atoms with Gasteiger partial charge in [-0.15, -0.1) is 0 Å². The molecule has 1 aliphatic heterocycles. The van der Waals surface area contributed by atoms with Gasteiger partial charge in [-0.05, 0) is 40.2 Å². The second kappa shape index (κ2) is 6.83. The molecule has 1 fully saturated rings. The predicted molar refractivity (Wildman–Crippen MR) is 73.8 cm³/mol. The summed E-state index contributed by atoms with van der Waals surface area (Å²) >= 11 is 0. The minimum Gasteiger partial charge on any atom is -0.465 e. The van der Waals surface area contributed by atoms with Crippen molar-refractivity contribution >= 4 is 17.7 Å². The average Bonchev–Trinajstić information content (AvgIpc) is 2.39. The lowest BCUT2D eigenvalue weighted by molar-refractivity contribution is -0.158. The second-order valence-corrected chi connectivity index (χ2v) is 5.75. The van der Waals surface area contributed by atoms with Crippen LogP contribution in [0.2, 0.25) is 0 Å². The topological polar surface area (TPSA) is 89.7 Å². The molecule has 0 spiro atoms. The molecule has 1 atom stereocenters. The van der Waals surface area contributed by atoms with Crippen LogP contribution in [0.25, 0.3) is 0 Å². The molecule has 114 valence electrons. The van der Waals surface area contributed by atoms with Gasteiger partial charge in [0.25, 0.3) is 0 Å². The van der Waals surface area contributed by atoms with Crippen molar-refractivity contribution < 1.29 is 19.1 Å². The molecule has 1 amide bonds. The average molecular weight is 284 g/mol. The van der Waals surface area contributed by atoms with Crippen LogP contribution in [0.15, 0.2) is 0 Å². The van der Waals surface area contributed by atoms with Crippen LogP contribution in [0.3, 0.4) is 0 Å². The van der Waals surface area contributed by atoms with Gasteiger partial charge in [-0.2, -0.15) is 0 Å². The number of nitrogens with zero attached hydrogens (tertiary/aromatic N) is 1. The Bertz CT molecular complexity index is 393. The van der Waals surface area contributed by atoms with Crippen LogP contribution in [0.5, 0.6) is 0 Å². The molecule has 0 aromatic heterocycles. The molecule has 20 heavy (non-hydrogen) atoms. The van der Waals surface area contributed by atoms with Crippen molar-refractivity contribution in [2.24, 2.45) is 17.1 Å². The predicted octanol–water partition coefficient (Wildman–Crippen LogP) is 0.342. The number of ether oxygens (including phenoxy) is 1. The number of esters is 1. The van der Waals surface area contributed by atoms with Gasteiger partial charge in [0, 0.05) is 6.54 Å². The quantitative estimate of drug-likeness (QED) is 0.561. The van der Waals surface area contributed by atoms with E-state index in [9.17, 15) is 14.4 Å². The molecule has 1 unspecified atom stereocenters. The van der Waals surface area contributed by atoms with Crippen molar-refractivity contribution in [3.8, 4) is 0 Å². The van der Waals surface area contributed by atoms with Crippen molar-refractivity contribution in [3.63, 3.8) is 0 Å². The maximum atomic E-state index is 12.3. The fourth-order valence-electron chi connectivity index (χ4n) is 2.26. The van der Waals surface area contributed by atoms with Crippen LogP contribution < -0.4 is 5.73 Å². The van der Waals surface area contributed by atoms with Gasteiger partial charge in [0.2, 0.25) is 5.91 Å². The molecule has 2 N–H and O–H groups in total. The Morgan fingerprint density at radius 2 is 2.00 bits per heavy atom. The van der Waals surface area contributed by atoms with E-state index in [1.807, 2.05) is 4.90 Å². The third-order valence-corrected chi connectivity index (χ3v) is 3.76. The zero-order valence-electron chi connectivity index (χ0n) is 12.5. The maximum absolute atomic E-state index is 12.3. The van der Waals surface area contributed by atoms with Crippen molar-refractivity contribution in [2.75, 3.05) is 26.2 Å². The van der Waals surface area contributed by atoms with E-state index in [1.165, 1.54) is 0 Å². The molecule has 1 saturated heterocycles. The molecule has 1 aliphatic rings. The van der Waals surface area contributed by atoms with Crippen molar-refractivity contribution in [2.45, 2.75) is 33.6 Å². The highest BCUT2D eigenvalue weighted by atomic mass is 16.5. The summed E-state index contributed by atoms with van der Waals surface area (Å²) in [5.41, 5.74) is 4.15. The number of hydrogen-bond donors (Lipinski definition) is 1. The number of amides is 1. The molecule has 6 heteroatoms. The summed E-state index contributed by atoms with van der Waals surface area (Å²) in [6.07, 6.45) is 1.60. The molecular formula is C14H24N2O4. The number of carbonyl (C=O) groups excluding carboxylic acids is 3. The maximum Gasteiger partial charge on any atom is 0.319 e. The molecule has 0 bridgehead atoms. The van der Waals surface area contributed by atoms with Gasteiger partial charge < -0.3 is 10.5 Å². The molecule has 0 aromatic rings. The first-order valence-electron chi connectivity index (χ1n) is 7.01. The van der Waals surface area contributed by atoms with Crippen molar-refractivity contribution in [3.05, 3.63) is 0 Å². The number of hydrogen-bond acceptors (Lipinski definition) is 5. The SMILES string of the molecule is CCOC(=O)C(C)(C)C(=O)CN1CCCC(C(N)=O)C1. The Balaban J connectivity index is 2.61. The number of primary amides is 1. The molecule has 1 rings (SSSR count). The number of nitrogens with two attached hydrogens (primary N) is 1. The zero-order valence-corrected chi connectivity index (χ0v) is 12.5. The van der Waals surface area contributed by atoms with Crippen LogP contribution in [0, 0.1) is 11.3 Å². The van der Waals surface area contributed by atoms with Crippen LogP contribution in [-0.2, 0) is 19.1 Å². The summed E-state index contributed by atoms with van der Waals surface area (Å²) in [4.78, 5) is 37.2. The molecule has 1 heterocycles. The van der Waals surface area contributed by atoms with Gasteiger partial charge in [0.1, 0.15) is 5.41 Å². The number of ketones is 1. The lowest BCUT2D eigenvalue weighted by atomic mass is 9.87. The van der Waals surface area contributed by atoms with Crippen LogP contribution in [0.4, 0.5) is 0 Å². The molecule has 0 saturated carbocycles. The third kappa shape index (κ3) is 4.03. The largest absolute Gasteiger partial charge is 0.465 e. The first kappa shape index (κ1) is 16.6. The normalized spacial score (nSPS) is 20.4. The van der Waals surface area contributed by atoms with Crippen LogP contribution >= 0.6 is 0 Å². The number of piperidine rings is 1. The minimum absolute atomic E-state index is 0.148. The molecule has 0 aliphatic carbocycles. The number of carbonyl (C=O) groups is 3. The van der Waals surface area contributed by atoms with Crippen LogP contribution in [0.1, 0.15) is 33.6 Å². The zero-order chi connectivity index (χ0) is 15.3. The Morgan fingerprint density at radius 1 is 1.35 bits per heavy atom. The van der Waals surface area contributed by atoms with Gasteiger partial charge in [0.05, 0.1) is 19.1 Å². The summed E-state index contributed by atoms with van der Waals surface area (Å²) in [6, 6.07) is 0. The number of Topliss-reactive ketones (excluding diaryl/α,β-unsaturated/α-hetero) is 1. The van der Waals surface area contributed by atoms with E-state index in [0.29, 0.717) is 6.54 Å². The highest BCUT2D eigenvalue weighted by Gasteiger charge is 2.38. The molecular weight excluding hydrogens is 260 g/mol. The second-order valence-electron chi connectivity index (χ2n) is 5.75. The van der Waals surface area contributed by atoms with E-state index >= 15 is 0 Å². The van der Waals surface area contributed by atoms with Crippen LogP contribution in [-0.4, -0.2) is 48.8 Å².